The molecule has 0 saturated heterocycles. The highest BCUT2D eigenvalue weighted by Gasteiger charge is 2.19. The SMILES string of the molecule is CC/C=C\C/C=C\C/C=C\C/C=C\C/C=C\CCCCCCCCCCCCCCCCCCCC(=O)OCC(COC(=O)CCCCCCCCC)OC(=O)CCCCCCC/C=C\CCCCC. The maximum atomic E-state index is 12.8. The van der Waals surface area contributed by atoms with Crippen LogP contribution in [0.25, 0.3) is 0 Å². The minimum Gasteiger partial charge on any atom is -0.462 e. The lowest BCUT2D eigenvalue weighted by Crippen LogP contribution is -2.30. The van der Waals surface area contributed by atoms with E-state index in [2.05, 4.69) is 93.7 Å². The molecule has 6 nitrogen and oxygen atoms in total. The highest BCUT2D eigenvalue weighted by Crippen LogP contribution is 2.16. The summed E-state index contributed by atoms with van der Waals surface area (Å²) >= 11 is 0. The van der Waals surface area contributed by atoms with Crippen LogP contribution < -0.4 is 0 Å². The third kappa shape index (κ3) is 55.8. The van der Waals surface area contributed by atoms with E-state index in [1.165, 1.54) is 154 Å². The van der Waals surface area contributed by atoms with Crippen LogP contribution in [0, 0.1) is 0 Å². The minimum absolute atomic E-state index is 0.0747. The normalized spacial score (nSPS) is 12.6. The Kier molecular flexibility index (Phi) is 55.8. The molecule has 0 N–H and O–H groups in total. The van der Waals surface area contributed by atoms with Crippen LogP contribution in [0.2, 0.25) is 0 Å². The van der Waals surface area contributed by atoms with Crippen molar-refractivity contribution < 1.29 is 28.6 Å². The predicted octanol–water partition coefficient (Wildman–Crippen LogP) is 20.2. The lowest BCUT2D eigenvalue weighted by atomic mass is 10.0. The first-order chi connectivity index (χ1) is 34.5. The van der Waals surface area contributed by atoms with E-state index in [-0.39, 0.29) is 31.1 Å². The van der Waals surface area contributed by atoms with Crippen molar-refractivity contribution in [2.75, 3.05) is 13.2 Å². The van der Waals surface area contributed by atoms with Gasteiger partial charge in [0.15, 0.2) is 6.10 Å². The van der Waals surface area contributed by atoms with Crippen LogP contribution in [-0.2, 0) is 28.6 Å². The Hall–Kier alpha value is -3.15. The summed E-state index contributed by atoms with van der Waals surface area (Å²) in [5.74, 6) is -0.882. The molecule has 0 saturated carbocycles. The van der Waals surface area contributed by atoms with E-state index in [4.69, 9.17) is 14.2 Å². The molecule has 70 heavy (non-hydrogen) atoms. The van der Waals surface area contributed by atoms with Gasteiger partial charge in [0.25, 0.3) is 0 Å². The van der Waals surface area contributed by atoms with E-state index in [1.807, 2.05) is 0 Å². The summed E-state index contributed by atoms with van der Waals surface area (Å²) in [6, 6.07) is 0. The fraction of sp³-hybridized carbons (Fsp3) is 0.766. The summed E-state index contributed by atoms with van der Waals surface area (Å²) in [6.07, 6.45) is 75.1. The zero-order chi connectivity index (χ0) is 50.7. The van der Waals surface area contributed by atoms with E-state index in [0.717, 1.165) is 103 Å². The van der Waals surface area contributed by atoms with Crippen LogP contribution in [0.4, 0.5) is 0 Å². The van der Waals surface area contributed by atoms with E-state index in [0.29, 0.717) is 19.3 Å². The van der Waals surface area contributed by atoms with Crippen LogP contribution in [0.1, 0.15) is 297 Å². The van der Waals surface area contributed by atoms with Gasteiger partial charge >= 0.3 is 17.9 Å². The lowest BCUT2D eigenvalue weighted by molar-refractivity contribution is -0.167. The van der Waals surface area contributed by atoms with Crippen LogP contribution in [-0.4, -0.2) is 37.2 Å². The molecule has 404 valence electrons. The zero-order valence-electron chi connectivity index (χ0n) is 46.3. The number of hydrogen-bond donors (Lipinski definition) is 0. The molecule has 0 aliphatic heterocycles. The summed E-state index contributed by atoms with van der Waals surface area (Å²) in [6.45, 7) is 6.47. The van der Waals surface area contributed by atoms with Crippen LogP contribution in [0.15, 0.2) is 72.9 Å². The van der Waals surface area contributed by atoms with Gasteiger partial charge in [0, 0.05) is 19.3 Å². The van der Waals surface area contributed by atoms with Crippen molar-refractivity contribution in [2.45, 2.75) is 303 Å². The topological polar surface area (TPSA) is 78.9 Å². The van der Waals surface area contributed by atoms with Gasteiger partial charge in [-0.25, -0.2) is 0 Å². The number of hydrogen-bond acceptors (Lipinski definition) is 6. The standard InChI is InChI=1S/C64H112O6/c1-4-7-10-13-16-18-20-22-23-24-25-26-27-28-29-30-31-32-33-34-35-36-37-38-39-40-41-42-44-45-48-51-54-57-63(66)69-60-61(59-68-62(65)56-53-50-47-15-12-9-6-3)70-64(67)58-55-52-49-46-43-21-19-17-14-11-8-5-2/h7,10,16-19,22-23,25-26,28-29,61H,4-6,8-9,11-15,20-21,24,27,30-60H2,1-3H3/b10-7-,18-16-,19-17-,23-22-,26-25-,29-28-. The number of esters is 3. The highest BCUT2D eigenvalue weighted by atomic mass is 16.6. The fourth-order valence-electron chi connectivity index (χ4n) is 8.47. The molecule has 0 aromatic heterocycles. The first-order valence-electron chi connectivity index (χ1n) is 29.9. The average molecular weight is 978 g/mol. The second-order valence-corrected chi connectivity index (χ2v) is 19.9. The molecular weight excluding hydrogens is 865 g/mol. The molecule has 0 amide bonds. The van der Waals surface area contributed by atoms with Gasteiger partial charge in [-0.15, -0.1) is 0 Å². The minimum atomic E-state index is -0.773. The zero-order valence-corrected chi connectivity index (χ0v) is 46.3. The molecule has 1 atom stereocenters. The molecule has 0 fully saturated rings. The van der Waals surface area contributed by atoms with Crippen molar-refractivity contribution in [2.24, 2.45) is 0 Å². The monoisotopic (exact) mass is 977 g/mol. The van der Waals surface area contributed by atoms with Gasteiger partial charge in [0.2, 0.25) is 0 Å². The number of carbonyl (C=O) groups is 3. The smallest absolute Gasteiger partial charge is 0.306 e. The fourth-order valence-corrected chi connectivity index (χ4v) is 8.47. The van der Waals surface area contributed by atoms with Gasteiger partial charge in [-0.3, -0.25) is 14.4 Å². The molecule has 0 spiro atoms. The van der Waals surface area contributed by atoms with Crippen molar-refractivity contribution in [1.29, 1.82) is 0 Å². The predicted molar refractivity (Wildman–Crippen MR) is 302 cm³/mol. The Morgan fingerprint density at radius 2 is 0.557 bits per heavy atom. The largest absolute Gasteiger partial charge is 0.462 e. The first-order valence-corrected chi connectivity index (χ1v) is 29.9. The molecule has 0 aliphatic rings. The quantitative estimate of drug-likeness (QED) is 0.0261. The molecule has 0 radical (unpaired) electrons. The van der Waals surface area contributed by atoms with Crippen LogP contribution in [0.3, 0.4) is 0 Å². The maximum absolute atomic E-state index is 12.8. The van der Waals surface area contributed by atoms with Crippen molar-refractivity contribution in [1.82, 2.24) is 0 Å². The van der Waals surface area contributed by atoms with Crippen molar-refractivity contribution in [3.05, 3.63) is 72.9 Å². The number of carbonyl (C=O) groups excluding carboxylic acids is 3. The number of allylic oxidation sites excluding steroid dienone is 12. The summed E-state index contributed by atoms with van der Waals surface area (Å²) in [7, 11) is 0. The van der Waals surface area contributed by atoms with Gasteiger partial charge in [-0.05, 0) is 89.9 Å². The highest BCUT2D eigenvalue weighted by molar-refractivity contribution is 5.71. The molecule has 0 aromatic carbocycles. The lowest BCUT2D eigenvalue weighted by Gasteiger charge is -2.18. The van der Waals surface area contributed by atoms with Gasteiger partial charge in [0.05, 0.1) is 0 Å². The van der Waals surface area contributed by atoms with E-state index < -0.39 is 6.10 Å². The second-order valence-electron chi connectivity index (χ2n) is 19.9. The van der Waals surface area contributed by atoms with Gasteiger partial charge < -0.3 is 14.2 Å². The molecule has 0 aliphatic carbocycles. The Morgan fingerprint density at radius 1 is 0.300 bits per heavy atom. The molecule has 0 rings (SSSR count). The molecular formula is C64H112O6. The third-order valence-corrected chi connectivity index (χ3v) is 12.9. The number of unbranched alkanes of at least 4 members (excludes halogenated alkanes) is 31. The summed E-state index contributed by atoms with van der Waals surface area (Å²) in [5.41, 5.74) is 0. The summed E-state index contributed by atoms with van der Waals surface area (Å²) in [4.78, 5) is 37.9. The number of rotatable bonds is 54. The molecule has 0 bridgehead atoms. The Labute approximate surface area is 433 Å². The number of ether oxygens (including phenoxy) is 3. The van der Waals surface area contributed by atoms with Crippen molar-refractivity contribution in [3.63, 3.8) is 0 Å². The van der Waals surface area contributed by atoms with E-state index in [1.54, 1.807) is 0 Å². The molecule has 6 heteroatoms. The van der Waals surface area contributed by atoms with Crippen LogP contribution in [0.5, 0.6) is 0 Å². The molecule has 0 aromatic rings. The maximum Gasteiger partial charge on any atom is 0.306 e. The van der Waals surface area contributed by atoms with Gasteiger partial charge in [-0.1, -0.05) is 261 Å². The van der Waals surface area contributed by atoms with Crippen LogP contribution >= 0.6 is 0 Å². The Balaban J connectivity index is 3.97. The Morgan fingerprint density at radius 3 is 0.914 bits per heavy atom. The summed E-state index contributed by atoms with van der Waals surface area (Å²) < 4.78 is 16.8. The van der Waals surface area contributed by atoms with Crippen molar-refractivity contribution in [3.8, 4) is 0 Å². The van der Waals surface area contributed by atoms with Crippen molar-refractivity contribution >= 4 is 17.9 Å². The Bertz CT molecular complexity index is 1310. The molecule has 1 unspecified atom stereocenters. The molecule has 0 heterocycles. The van der Waals surface area contributed by atoms with E-state index in [9.17, 15) is 14.4 Å². The first kappa shape index (κ1) is 66.9. The third-order valence-electron chi connectivity index (χ3n) is 12.9. The second kappa shape index (κ2) is 58.4. The van der Waals surface area contributed by atoms with E-state index >= 15 is 0 Å². The average Bonchev–Trinajstić information content (AvgIpc) is 3.36. The van der Waals surface area contributed by atoms with Gasteiger partial charge in [0.1, 0.15) is 13.2 Å². The van der Waals surface area contributed by atoms with Gasteiger partial charge in [-0.2, -0.15) is 0 Å². The summed E-state index contributed by atoms with van der Waals surface area (Å²) in [5, 5.41) is 0.